The fraction of sp³-hybridized carbons (Fsp3) is 0.522. The number of benzene rings is 1. The van der Waals surface area contributed by atoms with Gasteiger partial charge in [0.1, 0.15) is 5.60 Å². The third-order valence-corrected chi connectivity index (χ3v) is 6.57. The summed E-state index contributed by atoms with van der Waals surface area (Å²) in [6, 6.07) is 10.1. The number of ether oxygens (including phenoxy) is 1. The van der Waals surface area contributed by atoms with Gasteiger partial charge in [-0.15, -0.1) is 12.4 Å². The smallest absolute Gasteiger partial charge is 0.239 e. The van der Waals surface area contributed by atoms with Crippen molar-refractivity contribution < 1.29 is 9.53 Å². The molecule has 1 aromatic heterocycles. The third kappa shape index (κ3) is 3.96. The van der Waals surface area contributed by atoms with Crippen molar-refractivity contribution in [3.8, 4) is 11.4 Å². The fourth-order valence-electron chi connectivity index (χ4n) is 4.89. The minimum absolute atomic E-state index is 0. The van der Waals surface area contributed by atoms with Crippen molar-refractivity contribution in [1.82, 2.24) is 20.2 Å². The van der Waals surface area contributed by atoms with Gasteiger partial charge in [0.15, 0.2) is 5.82 Å². The van der Waals surface area contributed by atoms with Gasteiger partial charge in [0.05, 0.1) is 18.3 Å². The molecule has 2 aromatic rings. The topological polar surface area (TPSA) is 67.4 Å². The molecule has 1 aromatic carbocycles. The van der Waals surface area contributed by atoms with Gasteiger partial charge in [-0.05, 0) is 44.2 Å². The molecule has 6 nitrogen and oxygen atoms in total. The number of nitrogens with zero attached hydrogens (tertiary/aromatic N) is 3. The van der Waals surface area contributed by atoms with Crippen LogP contribution in [0.5, 0.6) is 0 Å². The Morgan fingerprint density at radius 1 is 1.17 bits per heavy atom. The average Bonchev–Trinajstić information content (AvgIpc) is 2.80. The van der Waals surface area contributed by atoms with E-state index in [-0.39, 0.29) is 24.4 Å². The number of likely N-dealkylation sites (tertiary alicyclic amines) is 1. The lowest BCUT2D eigenvalue weighted by molar-refractivity contribution is -0.143. The van der Waals surface area contributed by atoms with Crippen molar-refractivity contribution in [2.75, 3.05) is 26.2 Å². The first-order valence-corrected chi connectivity index (χ1v) is 10.8. The van der Waals surface area contributed by atoms with Crippen molar-refractivity contribution in [2.24, 2.45) is 0 Å². The van der Waals surface area contributed by atoms with E-state index >= 15 is 0 Å². The van der Waals surface area contributed by atoms with Gasteiger partial charge in [-0.25, -0.2) is 9.97 Å². The third-order valence-electron chi connectivity index (χ3n) is 6.57. The van der Waals surface area contributed by atoms with Crippen LogP contribution in [-0.2, 0) is 21.6 Å². The molecule has 4 heterocycles. The second kappa shape index (κ2) is 9.00. The summed E-state index contributed by atoms with van der Waals surface area (Å²) >= 11 is 0. The quantitative estimate of drug-likeness (QED) is 0.796. The van der Waals surface area contributed by atoms with Gasteiger partial charge in [-0.1, -0.05) is 36.8 Å². The zero-order valence-electron chi connectivity index (χ0n) is 17.2. The summed E-state index contributed by atoms with van der Waals surface area (Å²) in [6.45, 7) is 3.09. The molecule has 0 aliphatic carbocycles. The van der Waals surface area contributed by atoms with Crippen molar-refractivity contribution >= 4 is 18.3 Å². The van der Waals surface area contributed by atoms with Crippen LogP contribution in [0.2, 0.25) is 0 Å². The maximum Gasteiger partial charge on any atom is 0.239 e. The van der Waals surface area contributed by atoms with E-state index in [2.05, 4.69) is 10.3 Å². The molecular formula is C23H29ClN4O2. The van der Waals surface area contributed by atoms with Gasteiger partial charge in [0.2, 0.25) is 5.91 Å². The highest BCUT2D eigenvalue weighted by Crippen LogP contribution is 2.41. The maximum absolute atomic E-state index is 12.9. The van der Waals surface area contributed by atoms with Crippen LogP contribution < -0.4 is 5.32 Å². The first-order chi connectivity index (χ1) is 14.3. The van der Waals surface area contributed by atoms with Gasteiger partial charge >= 0.3 is 0 Å². The Morgan fingerprint density at radius 2 is 1.97 bits per heavy atom. The summed E-state index contributed by atoms with van der Waals surface area (Å²) in [4.78, 5) is 24.5. The van der Waals surface area contributed by atoms with Crippen LogP contribution in [0.15, 0.2) is 36.5 Å². The molecular weight excluding hydrogens is 400 g/mol. The Labute approximate surface area is 183 Å². The number of hydrogen-bond donors (Lipinski definition) is 1. The van der Waals surface area contributed by atoms with E-state index in [9.17, 15) is 4.79 Å². The molecule has 1 unspecified atom stereocenters. The zero-order chi connectivity index (χ0) is 19.7. The van der Waals surface area contributed by atoms with Crippen LogP contribution in [0.4, 0.5) is 0 Å². The van der Waals surface area contributed by atoms with Crippen LogP contribution in [0, 0.1) is 0 Å². The number of nitrogens with one attached hydrogen (secondary N) is 1. The monoisotopic (exact) mass is 428 g/mol. The van der Waals surface area contributed by atoms with Gasteiger partial charge in [-0.2, -0.15) is 0 Å². The molecule has 3 aliphatic rings. The van der Waals surface area contributed by atoms with Crippen molar-refractivity contribution in [3.63, 3.8) is 0 Å². The molecule has 1 spiro atoms. The van der Waals surface area contributed by atoms with E-state index in [4.69, 9.17) is 9.72 Å². The Morgan fingerprint density at radius 3 is 2.70 bits per heavy atom. The molecule has 30 heavy (non-hydrogen) atoms. The number of carbonyl (C=O) groups excluding carboxylic acids is 1. The predicted octanol–water partition coefficient (Wildman–Crippen LogP) is 3.10. The Hall–Kier alpha value is -2.02. The van der Waals surface area contributed by atoms with Crippen LogP contribution in [-0.4, -0.2) is 53.1 Å². The molecule has 1 N–H and O–H groups in total. The van der Waals surface area contributed by atoms with Gasteiger partial charge < -0.3 is 15.0 Å². The van der Waals surface area contributed by atoms with Gasteiger partial charge in [0, 0.05) is 24.8 Å². The summed E-state index contributed by atoms with van der Waals surface area (Å²) in [5, 5.41) is 3.39. The van der Waals surface area contributed by atoms with Crippen LogP contribution in [0.1, 0.15) is 43.4 Å². The number of carbonyl (C=O) groups is 1. The Kier molecular flexibility index (Phi) is 6.37. The van der Waals surface area contributed by atoms with E-state index < -0.39 is 5.60 Å². The highest BCUT2D eigenvalue weighted by atomic mass is 35.5. The summed E-state index contributed by atoms with van der Waals surface area (Å²) in [5.41, 5.74) is 2.84. The lowest BCUT2D eigenvalue weighted by atomic mass is 9.83. The summed E-state index contributed by atoms with van der Waals surface area (Å²) in [6.07, 6.45) is 7.66. The lowest BCUT2D eigenvalue weighted by Crippen LogP contribution is -2.54. The number of rotatable bonds is 2. The number of hydrogen-bond acceptors (Lipinski definition) is 5. The molecule has 0 bridgehead atoms. The predicted molar refractivity (Wildman–Crippen MR) is 118 cm³/mol. The van der Waals surface area contributed by atoms with E-state index in [0.717, 1.165) is 68.8 Å². The largest absolute Gasteiger partial charge is 0.368 e. The number of fused-ring (bicyclic) bond motifs is 2. The van der Waals surface area contributed by atoms with E-state index in [0.29, 0.717) is 6.61 Å². The fourth-order valence-corrected chi connectivity index (χ4v) is 4.89. The normalized spacial score (nSPS) is 22.8. The molecule has 3 aliphatic heterocycles. The molecule has 5 rings (SSSR count). The van der Waals surface area contributed by atoms with Crippen LogP contribution in [0.3, 0.4) is 0 Å². The maximum atomic E-state index is 12.9. The second-order valence-corrected chi connectivity index (χ2v) is 8.35. The first-order valence-electron chi connectivity index (χ1n) is 10.8. The molecule has 2 fully saturated rings. The molecule has 2 saturated heterocycles. The number of aromatic nitrogens is 2. The molecule has 7 heteroatoms. The Balaban J connectivity index is 0.00000218. The summed E-state index contributed by atoms with van der Waals surface area (Å²) < 4.78 is 6.35. The van der Waals surface area contributed by atoms with E-state index in [1.165, 1.54) is 12.0 Å². The SMILES string of the molecule is Cl.O=C(C1CCCCN1)N1CCC2(CC1)OCCc1cnc(-c3ccccc3)nc12. The number of amides is 1. The number of halogens is 1. The van der Waals surface area contributed by atoms with Gasteiger partial charge in [0.25, 0.3) is 0 Å². The molecule has 0 radical (unpaired) electrons. The van der Waals surface area contributed by atoms with Crippen LogP contribution in [0.25, 0.3) is 11.4 Å². The average molecular weight is 429 g/mol. The second-order valence-electron chi connectivity index (χ2n) is 8.35. The highest BCUT2D eigenvalue weighted by molar-refractivity contribution is 5.85. The molecule has 0 saturated carbocycles. The first kappa shape index (κ1) is 21.2. The standard InChI is InChI=1S/C23H28N4O2.ClH/c28-22(19-8-4-5-12-24-19)27-13-10-23(11-14-27)20-18(9-15-29-23)16-25-21(26-20)17-6-2-1-3-7-17;/h1-3,6-7,16,19,24H,4-5,8-15H2;1H. The summed E-state index contributed by atoms with van der Waals surface area (Å²) in [7, 11) is 0. The minimum atomic E-state index is -0.392. The minimum Gasteiger partial charge on any atom is -0.368 e. The zero-order valence-corrected chi connectivity index (χ0v) is 18.0. The van der Waals surface area contributed by atoms with E-state index in [1.807, 2.05) is 41.4 Å². The molecule has 160 valence electrons. The van der Waals surface area contributed by atoms with Crippen molar-refractivity contribution in [3.05, 3.63) is 47.8 Å². The Bertz CT molecular complexity index is 878. The van der Waals surface area contributed by atoms with Crippen molar-refractivity contribution in [1.29, 1.82) is 0 Å². The van der Waals surface area contributed by atoms with E-state index in [1.54, 1.807) is 0 Å². The highest BCUT2D eigenvalue weighted by Gasteiger charge is 2.44. The lowest BCUT2D eigenvalue weighted by Gasteiger charge is -2.44. The molecule has 1 atom stereocenters. The van der Waals surface area contributed by atoms with Gasteiger partial charge in [-0.3, -0.25) is 4.79 Å². The number of piperidine rings is 2. The summed E-state index contributed by atoms with van der Waals surface area (Å²) in [5.74, 6) is 1.00. The molecule has 1 amide bonds. The van der Waals surface area contributed by atoms with Crippen molar-refractivity contribution in [2.45, 2.75) is 50.2 Å². The van der Waals surface area contributed by atoms with Crippen LogP contribution >= 0.6 is 12.4 Å².